The van der Waals surface area contributed by atoms with E-state index in [0.717, 1.165) is 19.5 Å². The summed E-state index contributed by atoms with van der Waals surface area (Å²) in [6.45, 7) is 12.0. The molecule has 26 heavy (non-hydrogen) atoms. The minimum atomic E-state index is -0.0805. The van der Waals surface area contributed by atoms with Crippen LogP contribution in [-0.4, -0.2) is 61.8 Å². The fourth-order valence-corrected chi connectivity index (χ4v) is 3.52. The molecule has 142 valence electrons. The van der Waals surface area contributed by atoms with E-state index in [1.54, 1.807) is 16.9 Å². The Balaban J connectivity index is 1.86. The molecule has 0 aliphatic carbocycles. The Morgan fingerprint density at radius 2 is 2.19 bits per heavy atom. The van der Waals surface area contributed by atoms with Crippen molar-refractivity contribution in [3.8, 4) is 0 Å². The van der Waals surface area contributed by atoms with Crippen LogP contribution in [0.25, 0.3) is 0 Å². The zero-order valence-electron chi connectivity index (χ0n) is 16.1. The Morgan fingerprint density at radius 1 is 1.38 bits per heavy atom. The van der Waals surface area contributed by atoms with E-state index in [-0.39, 0.29) is 11.9 Å². The van der Waals surface area contributed by atoms with Crippen molar-refractivity contribution < 1.29 is 9.32 Å². The second kappa shape index (κ2) is 7.99. The molecule has 8 nitrogen and oxygen atoms in total. The van der Waals surface area contributed by atoms with Crippen molar-refractivity contribution in [2.75, 3.05) is 26.2 Å². The number of amides is 1. The highest BCUT2D eigenvalue weighted by Crippen LogP contribution is 2.26. The summed E-state index contributed by atoms with van der Waals surface area (Å²) < 4.78 is 7.22. The van der Waals surface area contributed by atoms with Gasteiger partial charge in [-0.05, 0) is 32.3 Å². The fourth-order valence-electron chi connectivity index (χ4n) is 3.52. The summed E-state index contributed by atoms with van der Waals surface area (Å²) in [5.41, 5.74) is 0.630. The third-order valence-electron chi connectivity index (χ3n) is 4.66. The van der Waals surface area contributed by atoms with Gasteiger partial charge < -0.3 is 9.42 Å². The molecule has 1 fully saturated rings. The molecule has 8 heteroatoms. The average Bonchev–Trinajstić information content (AvgIpc) is 3.20. The van der Waals surface area contributed by atoms with Crippen molar-refractivity contribution in [1.29, 1.82) is 0 Å². The number of carbonyl (C=O) groups is 1. The standard InChI is InChI=1S/C18H28N6O2/c1-5-24-15(7-8-19-24)18(25)23-10-6-9-22(11-13(2)3)16(12-23)17-20-14(4)21-26-17/h7-8,13,16H,5-6,9-12H2,1-4H3. The Kier molecular flexibility index (Phi) is 5.70. The first-order valence-corrected chi connectivity index (χ1v) is 9.35. The lowest BCUT2D eigenvalue weighted by Crippen LogP contribution is -2.39. The Bertz CT molecular complexity index is 738. The van der Waals surface area contributed by atoms with Crippen LogP contribution in [0.2, 0.25) is 0 Å². The van der Waals surface area contributed by atoms with Gasteiger partial charge in [0.15, 0.2) is 5.82 Å². The highest BCUT2D eigenvalue weighted by molar-refractivity contribution is 5.92. The highest BCUT2D eigenvalue weighted by atomic mass is 16.5. The van der Waals surface area contributed by atoms with Crippen LogP contribution in [0.15, 0.2) is 16.8 Å². The molecule has 1 aliphatic rings. The molecule has 0 radical (unpaired) electrons. The van der Waals surface area contributed by atoms with Gasteiger partial charge in [-0.15, -0.1) is 0 Å². The SMILES string of the molecule is CCn1nccc1C(=O)N1CCCN(CC(C)C)C(c2nc(C)no2)C1. The summed E-state index contributed by atoms with van der Waals surface area (Å²) in [4.78, 5) is 21.8. The predicted octanol–water partition coefficient (Wildman–Crippen LogP) is 2.14. The molecule has 1 saturated heterocycles. The maximum absolute atomic E-state index is 13.1. The second-order valence-corrected chi connectivity index (χ2v) is 7.22. The number of aromatic nitrogens is 4. The average molecular weight is 360 g/mol. The summed E-state index contributed by atoms with van der Waals surface area (Å²) in [6, 6.07) is 1.71. The zero-order chi connectivity index (χ0) is 18.7. The first kappa shape index (κ1) is 18.6. The summed E-state index contributed by atoms with van der Waals surface area (Å²) in [5.74, 6) is 1.74. The number of carbonyl (C=O) groups excluding carboxylic acids is 1. The van der Waals surface area contributed by atoms with Crippen LogP contribution >= 0.6 is 0 Å². The first-order chi connectivity index (χ1) is 12.5. The third-order valence-corrected chi connectivity index (χ3v) is 4.66. The molecule has 1 unspecified atom stereocenters. The number of hydrogen-bond acceptors (Lipinski definition) is 6. The zero-order valence-corrected chi connectivity index (χ0v) is 16.1. The van der Waals surface area contributed by atoms with Gasteiger partial charge in [0.05, 0.1) is 0 Å². The summed E-state index contributed by atoms with van der Waals surface area (Å²) >= 11 is 0. The molecule has 0 bridgehead atoms. The number of rotatable bonds is 5. The molecular formula is C18H28N6O2. The van der Waals surface area contributed by atoms with E-state index in [1.807, 2.05) is 18.7 Å². The summed E-state index contributed by atoms with van der Waals surface area (Å²) in [5, 5.41) is 8.18. The van der Waals surface area contributed by atoms with Gasteiger partial charge in [-0.3, -0.25) is 14.4 Å². The quantitative estimate of drug-likeness (QED) is 0.813. The van der Waals surface area contributed by atoms with Crippen LogP contribution in [0.5, 0.6) is 0 Å². The van der Waals surface area contributed by atoms with Crippen molar-refractivity contribution in [3.63, 3.8) is 0 Å². The first-order valence-electron chi connectivity index (χ1n) is 9.35. The van der Waals surface area contributed by atoms with Crippen LogP contribution in [0, 0.1) is 12.8 Å². The Hall–Kier alpha value is -2.22. The summed E-state index contributed by atoms with van der Waals surface area (Å²) in [7, 11) is 0. The van der Waals surface area contributed by atoms with E-state index in [0.29, 0.717) is 43.0 Å². The third kappa shape index (κ3) is 3.95. The lowest BCUT2D eigenvalue weighted by atomic mass is 10.1. The number of aryl methyl sites for hydroxylation is 2. The van der Waals surface area contributed by atoms with Gasteiger partial charge in [-0.1, -0.05) is 19.0 Å². The topological polar surface area (TPSA) is 80.3 Å². The van der Waals surface area contributed by atoms with Crippen molar-refractivity contribution in [1.82, 2.24) is 29.7 Å². The smallest absolute Gasteiger partial charge is 0.272 e. The van der Waals surface area contributed by atoms with Crippen molar-refractivity contribution in [2.45, 2.75) is 46.7 Å². The van der Waals surface area contributed by atoms with E-state index in [1.165, 1.54) is 0 Å². The van der Waals surface area contributed by atoms with Gasteiger partial charge in [-0.25, -0.2) is 0 Å². The minimum absolute atomic E-state index is 0.0111. The van der Waals surface area contributed by atoms with Crippen molar-refractivity contribution in [3.05, 3.63) is 29.7 Å². The van der Waals surface area contributed by atoms with Crippen molar-refractivity contribution in [2.24, 2.45) is 5.92 Å². The molecule has 0 spiro atoms. The second-order valence-electron chi connectivity index (χ2n) is 7.22. The number of nitrogens with zero attached hydrogens (tertiary/aromatic N) is 6. The van der Waals surface area contributed by atoms with Crippen LogP contribution in [0.3, 0.4) is 0 Å². The van der Waals surface area contributed by atoms with E-state index in [9.17, 15) is 4.79 Å². The van der Waals surface area contributed by atoms with Gasteiger partial charge >= 0.3 is 0 Å². The maximum atomic E-state index is 13.1. The molecule has 1 aliphatic heterocycles. The number of hydrogen-bond donors (Lipinski definition) is 0. The van der Waals surface area contributed by atoms with Gasteiger partial charge in [0.25, 0.3) is 5.91 Å². The Labute approximate surface area is 154 Å². The molecule has 0 N–H and O–H groups in total. The molecule has 0 aromatic carbocycles. The van der Waals surface area contributed by atoms with E-state index >= 15 is 0 Å². The monoisotopic (exact) mass is 360 g/mol. The van der Waals surface area contributed by atoms with Crippen LogP contribution in [0.4, 0.5) is 0 Å². The van der Waals surface area contributed by atoms with Crippen LogP contribution in [-0.2, 0) is 6.54 Å². The van der Waals surface area contributed by atoms with Crippen molar-refractivity contribution >= 4 is 5.91 Å². The minimum Gasteiger partial charge on any atom is -0.338 e. The largest absolute Gasteiger partial charge is 0.338 e. The van der Waals surface area contributed by atoms with E-state index in [2.05, 4.69) is 34.0 Å². The maximum Gasteiger partial charge on any atom is 0.272 e. The van der Waals surface area contributed by atoms with Crippen LogP contribution in [0.1, 0.15) is 55.4 Å². The lowest BCUT2D eigenvalue weighted by molar-refractivity contribution is 0.0696. The van der Waals surface area contributed by atoms with Gasteiger partial charge in [0.1, 0.15) is 11.7 Å². The highest BCUT2D eigenvalue weighted by Gasteiger charge is 2.33. The fraction of sp³-hybridized carbons (Fsp3) is 0.667. The molecule has 2 aromatic rings. The lowest BCUT2D eigenvalue weighted by Gasteiger charge is -2.30. The molecule has 2 aromatic heterocycles. The molecular weight excluding hydrogens is 332 g/mol. The van der Waals surface area contributed by atoms with Gasteiger partial charge in [0.2, 0.25) is 5.89 Å². The molecule has 3 heterocycles. The normalized spacial score (nSPS) is 19.1. The summed E-state index contributed by atoms with van der Waals surface area (Å²) in [6.07, 6.45) is 2.60. The Morgan fingerprint density at radius 3 is 2.85 bits per heavy atom. The molecule has 1 amide bonds. The van der Waals surface area contributed by atoms with E-state index < -0.39 is 0 Å². The van der Waals surface area contributed by atoms with Gasteiger partial charge in [0, 0.05) is 38.9 Å². The molecule has 0 saturated carbocycles. The van der Waals surface area contributed by atoms with Gasteiger partial charge in [-0.2, -0.15) is 10.1 Å². The van der Waals surface area contributed by atoms with Crippen LogP contribution < -0.4 is 0 Å². The van der Waals surface area contributed by atoms with E-state index in [4.69, 9.17) is 4.52 Å². The molecule has 1 atom stereocenters. The predicted molar refractivity (Wildman–Crippen MR) is 96.6 cm³/mol. The molecule has 3 rings (SSSR count).